The van der Waals surface area contributed by atoms with Gasteiger partial charge >= 0.3 is 0 Å². The van der Waals surface area contributed by atoms with Gasteiger partial charge in [-0.2, -0.15) is 0 Å². The Labute approximate surface area is 77.0 Å². The molecule has 0 amide bonds. The summed E-state index contributed by atoms with van der Waals surface area (Å²) in [5.41, 5.74) is 5.65. The first-order valence-electron chi connectivity index (χ1n) is 4.51. The standard InChI is InChI=1S/C8H13N5/c9-4-7-2-1-3-13(7)8-5-10-6-11-12-8/h5-7H,1-4,9H2. The lowest BCUT2D eigenvalue weighted by Gasteiger charge is -2.23. The maximum atomic E-state index is 5.65. The van der Waals surface area contributed by atoms with Crippen molar-refractivity contribution in [2.45, 2.75) is 18.9 Å². The Bertz CT molecular complexity index is 262. The van der Waals surface area contributed by atoms with Gasteiger partial charge in [0.2, 0.25) is 0 Å². The van der Waals surface area contributed by atoms with Crippen LogP contribution < -0.4 is 10.6 Å². The Morgan fingerprint density at radius 1 is 1.62 bits per heavy atom. The molecule has 2 rings (SSSR count). The molecular formula is C8H13N5. The fourth-order valence-electron chi connectivity index (χ4n) is 1.75. The van der Waals surface area contributed by atoms with E-state index in [0.29, 0.717) is 12.6 Å². The highest BCUT2D eigenvalue weighted by molar-refractivity contribution is 5.37. The van der Waals surface area contributed by atoms with E-state index in [9.17, 15) is 0 Å². The Balaban J connectivity index is 2.16. The summed E-state index contributed by atoms with van der Waals surface area (Å²) in [6.07, 6.45) is 5.50. The average Bonchev–Trinajstić information content (AvgIpc) is 2.67. The molecule has 2 N–H and O–H groups in total. The molecule has 1 aromatic heterocycles. The first kappa shape index (κ1) is 8.37. The van der Waals surface area contributed by atoms with Gasteiger partial charge in [0.05, 0.1) is 6.20 Å². The van der Waals surface area contributed by atoms with Crippen LogP contribution in [0.25, 0.3) is 0 Å². The number of anilines is 1. The maximum Gasteiger partial charge on any atom is 0.170 e. The maximum absolute atomic E-state index is 5.65. The summed E-state index contributed by atoms with van der Waals surface area (Å²) in [7, 11) is 0. The second-order valence-electron chi connectivity index (χ2n) is 3.19. The van der Waals surface area contributed by atoms with Crippen molar-refractivity contribution in [1.82, 2.24) is 15.2 Å². The minimum atomic E-state index is 0.415. The Kier molecular flexibility index (Phi) is 2.35. The third-order valence-electron chi connectivity index (χ3n) is 2.41. The summed E-state index contributed by atoms with van der Waals surface area (Å²) in [5, 5.41) is 7.77. The number of hydrogen-bond donors (Lipinski definition) is 1. The molecule has 0 saturated carbocycles. The first-order chi connectivity index (χ1) is 6.42. The van der Waals surface area contributed by atoms with E-state index in [4.69, 9.17) is 5.73 Å². The van der Waals surface area contributed by atoms with E-state index in [1.165, 1.54) is 12.7 Å². The van der Waals surface area contributed by atoms with Gasteiger partial charge in [0.25, 0.3) is 0 Å². The lowest BCUT2D eigenvalue weighted by molar-refractivity contribution is 0.665. The van der Waals surface area contributed by atoms with Crippen molar-refractivity contribution in [3.05, 3.63) is 12.5 Å². The summed E-state index contributed by atoms with van der Waals surface area (Å²) in [6, 6.07) is 0.415. The monoisotopic (exact) mass is 179 g/mol. The molecule has 13 heavy (non-hydrogen) atoms. The molecule has 0 aliphatic carbocycles. The third-order valence-corrected chi connectivity index (χ3v) is 2.41. The molecule has 0 radical (unpaired) electrons. The number of aromatic nitrogens is 3. The van der Waals surface area contributed by atoms with Crippen molar-refractivity contribution in [2.24, 2.45) is 5.73 Å². The molecule has 1 aromatic rings. The van der Waals surface area contributed by atoms with Gasteiger partial charge in [-0.05, 0) is 12.8 Å². The van der Waals surface area contributed by atoms with Crippen LogP contribution in [-0.4, -0.2) is 34.3 Å². The van der Waals surface area contributed by atoms with Crippen LogP contribution in [0.1, 0.15) is 12.8 Å². The number of hydrogen-bond acceptors (Lipinski definition) is 5. The zero-order chi connectivity index (χ0) is 9.10. The minimum absolute atomic E-state index is 0.415. The molecule has 1 atom stereocenters. The van der Waals surface area contributed by atoms with Crippen molar-refractivity contribution < 1.29 is 0 Å². The predicted octanol–water partition coefficient (Wildman–Crippen LogP) is -0.201. The van der Waals surface area contributed by atoms with E-state index in [1.54, 1.807) is 6.20 Å². The van der Waals surface area contributed by atoms with E-state index >= 15 is 0 Å². The summed E-state index contributed by atoms with van der Waals surface area (Å²) in [4.78, 5) is 6.12. The molecule has 1 unspecified atom stereocenters. The average molecular weight is 179 g/mol. The van der Waals surface area contributed by atoms with E-state index in [1.807, 2.05) is 0 Å². The van der Waals surface area contributed by atoms with E-state index in [-0.39, 0.29) is 0 Å². The lowest BCUT2D eigenvalue weighted by Crippen LogP contribution is -2.36. The van der Waals surface area contributed by atoms with Crippen LogP contribution >= 0.6 is 0 Å². The summed E-state index contributed by atoms with van der Waals surface area (Å²) < 4.78 is 0. The highest BCUT2D eigenvalue weighted by Crippen LogP contribution is 2.21. The van der Waals surface area contributed by atoms with Gasteiger partial charge in [0.1, 0.15) is 6.33 Å². The molecular weight excluding hydrogens is 166 g/mol. The van der Waals surface area contributed by atoms with Crippen LogP contribution in [0.2, 0.25) is 0 Å². The van der Waals surface area contributed by atoms with Crippen molar-refractivity contribution in [1.29, 1.82) is 0 Å². The van der Waals surface area contributed by atoms with Crippen LogP contribution in [0.5, 0.6) is 0 Å². The Morgan fingerprint density at radius 2 is 2.54 bits per heavy atom. The first-order valence-corrected chi connectivity index (χ1v) is 4.51. The van der Waals surface area contributed by atoms with Crippen molar-refractivity contribution in [3.8, 4) is 0 Å². The van der Waals surface area contributed by atoms with Crippen LogP contribution in [0.3, 0.4) is 0 Å². The van der Waals surface area contributed by atoms with Crippen LogP contribution in [-0.2, 0) is 0 Å². The molecule has 2 heterocycles. The van der Waals surface area contributed by atoms with Crippen LogP contribution in [0, 0.1) is 0 Å². The molecule has 1 saturated heterocycles. The van der Waals surface area contributed by atoms with Gasteiger partial charge in [0.15, 0.2) is 5.82 Å². The van der Waals surface area contributed by atoms with Crippen molar-refractivity contribution >= 4 is 5.82 Å². The van der Waals surface area contributed by atoms with E-state index < -0.39 is 0 Å². The SMILES string of the molecule is NCC1CCCN1c1cncnn1. The molecule has 0 bridgehead atoms. The largest absolute Gasteiger partial charge is 0.350 e. The van der Waals surface area contributed by atoms with Crippen LogP contribution in [0.15, 0.2) is 12.5 Å². The topological polar surface area (TPSA) is 67.9 Å². The lowest BCUT2D eigenvalue weighted by atomic mass is 10.2. The van der Waals surface area contributed by atoms with Crippen LogP contribution in [0.4, 0.5) is 5.82 Å². The molecule has 0 aromatic carbocycles. The van der Waals surface area contributed by atoms with Gasteiger partial charge in [-0.3, -0.25) is 0 Å². The third kappa shape index (κ3) is 1.60. The minimum Gasteiger partial charge on any atom is -0.350 e. The van der Waals surface area contributed by atoms with Gasteiger partial charge in [0, 0.05) is 19.1 Å². The van der Waals surface area contributed by atoms with Gasteiger partial charge < -0.3 is 10.6 Å². The Morgan fingerprint density at radius 3 is 3.23 bits per heavy atom. The fourth-order valence-corrected chi connectivity index (χ4v) is 1.75. The van der Waals surface area contributed by atoms with Gasteiger partial charge in [-0.1, -0.05) is 0 Å². The quantitative estimate of drug-likeness (QED) is 0.681. The van der Waals surface area contributed by atoms with E-state index in [2.05, 4.69) is 20.1 Å². The molecule has 1 aliphatic heterocycles. The van der Waals surface area contributed by atoms with Gasteiger partial charge in [-0.15, -0.1) is 10.2 Å². The highest BCUT2D eigenvalue weighted by Gasteiger charge is 2.24. The second-order valence-corrected chi connectivity index (χ2v) is 3.19. The molecule has 0 spiro atoms. The number of nitrogens with two attached hydrogens (primary N) is 1. The van der Waals surface area contributed by atoms with Crippen molar-refractivity contribution in [2.75, 3.05) is 18.0 Å². The molecule has 5 heteroatoms. The summed E-state index contributed by atoms with van der Waals surface area (Å²) in [5.74, 6) is 0.843. The zero-order valence-electron chi connectivity index (χ0n) is 7.43. The normalized spacial score (nSPS) is 22.2. The number of rotatable bonds is 2. The number of nitrogens with zero attached hydrogens (tertiary/aromatic N) is 4. The van der Waals surface area contributed by atoms with Crippen molar-refractivity contribution in [3.63, 3.8) is 0 Å². The summed E-state index contributed by atoms with van der Waals surface area (Å²) in [6.45, 7) is 1.69. The molecule has 1 fully saturated rings. The van der Waals surface area contributed by atoms with Gasteiger partial charge in [-0.25, -0.2) is 4.98 Å². The predicted molar refractivity (Wildman–Crippen MR) is 49.2 cm³/mol. The second kappa shape index (κ2) is 3.66. The van der Waals surface area contributed by atoms with E-state index in [0.717, 1.165) is 18.8 Å². The highest BCUT2D eigenvalue weighted by atomic mass is 15.3. The summed E-state index contributed by atoms with van der Waals surface area (Å²) >= 11 is 0. The fraction of sp³-hybridized carbons (Fsp3) is 0.625. The smallest absolute Gasteiger partial charge is 0.170 e. The molecule has 1 aliphatic rings. The Hall–Kier alpha value is -1.23. The molecule has 70 valence electrons. The zero-order valence-corrected chi connectivity index (χ0v) is 7.43. The molecule has 5 nitrogen and oxygen atoms in total.